The summed E-state index contributed by atoms with van der Waals surface area (Å²) < 4.78 is 26.8. The van der Waals surface area contributed by atoms with Gasteiger partial charge in [-0.1, -0.05) is 60.7 Å². The molecule has 0 spiro atoms. The van der Waals surface area contributed by atoms with Gasteiger partial charge in [-0.3, -0.25) is 0 Å². The third kappa shape index (κ3) is 4.36. The molecule has 0 aromatic heterocycles. The first kappa shape index (κ1) is 18.9. The van der Waals surface area contributed by atoms with Gasteiger partial charge in [0.05, 0.1) is 5.75 Å². The average Bonchev–Trinajstić information content (AvgIpc) is 2.98. The van der Waals surface area contributed by atoms with Crippen LogP contribution < -0.4 is 5.73 Å². The maximum Gasteiger partial charge on any atom is 0.214 e. The van der Waals surface area contributed by atoms with E-state index in [-0.39, 0.29) is 30.1 Å². The maximum absolute atomic E-state index is 12.6. The minimum absolute atomic E-state index is 0. The lowest BCUT2D eigenvalue weighted by atomic mass is 9.95. The Morgan fingerprint density at radius 3 is 2.17 bits per heavy atom. The molecule has 1 saturated heterocycles. The summed E-state index contributed by atoms with van der Waals surface area (Å²) in [5, 5.41) is 0. The second kappa shape index (κ2) is 8.12. The van der Waals surface area contributed by atoms with Crippen molar-refractivity contribution in [3.8, 4) is 0 Å². The lowest BCUT2D eigenvalue weighted by Gasteiger charge is -2.16. The summed E-state index contributed by atoms with van der Waals surface area (Å²) >= 11 is 0. The van der Waals surface area contributed by atoms with Crippen LogP contribution in [-0.2, 0) is 16.4 Å². The van der Waals surface area contributed by atoms with E-state index in [9.17, 15) is 8.42 Å². The molecule has 130 valence electrons. The molecule has 24 heavy (non-hydrogen) atoms. The van der Waals surface area contributed by atoms with Gasteiger partial charge in [0.15, 0.2) is 0 Å². The maximum atomic E-state index is 12.6. The highest BCUT2D eigenvalue weighted by Gasteiger charge is 2.37. The summed E-state index contributed by atoms with van der Waals surface area (Å²) in [6.07, 6.45) is 0.533. The van der Waals surface area contributed by atoms with Gasteiger partial charge in [-0.15, -0.1) is 12.4 Å². The van der Waals surface area contributed by atoms with Gasteiger partial charge in [-0.05, 0) is 17.5 Å². The summed E-state index contributed by atoms with van der Waals surface area (Å²) in [6.45, 7) is 0.874. The van der Waals surface area contributed by atoms with Crippen molar-refractivity contribution >= 4 is 22.4 Å². The smallest absolute Gasteiger partial charge is 0.214 e. The van der Waals surface area contributed by atoms with E-state index in [1.165, 1.54) is 0 Å². The summed E-state index contributed by atoms with van der Waals surface area (Å²) in [5.74, 6) is 0.202. The second-order valence-electron chi connectivity index (χ2n) is 6.05. The molecule has 0 radical (unpaired) electrons. The molecular formula is C18H23ClN2O2S. The molecule has 3 rings (SSSR count). The molecule has 6 heteroatoms. The number of aryl methyl sites for hydroxylation is 1. The zero-order chi connectivity index (χ0) is 16.3. The number of nitrogens with zero attached hydrogens (tertiary/aromatic N) is 1. The first-order valence-corrected chi connectivity index (χ1v) is 9.49. The van der Waals surface area contributed by atoms with Gasteiger partial charge in [0, 0.05) is 25.0 Å². The Hall–Kier alpha value is -1.40. The molecule has 4 nitrogen and oxygen atoms in total. The number of nitrogens with two attached hydrogens (primary N) is 1. The van der Waals surface area contributed by atoms with Gasteiger partial charge in [0.1, 0.15) is 0 Å². The van der Waals surface area contributed by atoms with E-state index in [1.807, 2.05) is 60.7 Å². The molecule has 1 aliphatic heterocycles. The van der Waals surface area contributed by atoms with Crippen molar-refractivity contribution in [2.75, 3.05) is 18.8 Å². The highest BCUT2D eigenvalue weighted by Crippen LogP contribution is 2.28. The molecule has 1 fully saturated rings. The van der Waals surface area contributed by atoms with Crippen LogP contribution in [0.5, 0.6) is 0 Å². The van der Waals surface area contributed by atoms with Gasteiger partial charge in [-0.25, -0.2) is 8.42 Å². The first-order valence-electron chi connectivity index (χ1n) is 7.88. The Morgan fingerprint density at radius 2 is 1.54 bits per heavy atom. The number of benzene rings is 2. The van der Waals surface area contributed by atoms with Crippen molar-refractivity contribution in [2.24, 2.45) is 5.73 Å². The van der Waals surface area contributed by atoms with E-state index in [1.54, 1.807) is 4.31 Å². The number of rotatable bonds is 5. The molecule has 2 atom stereocenters. The fourth-order valence-electron chi connectivity index (χ4n) is 3.09. The summed E-state index contributed by atoms with van der Waals surface area (Å²) in [4.78, 5) is 0. The van der Waals surface area contributed by atoms with Crippen molar-refractivity contribution in [3.05, 3.63) is 71.8 Å². The number of hydrogen-bond donors (Lipinski definition) is 1. The molecule has 0 aliphatic carbocycles. The lowest BCUT2D eigenvalue weighted by Crippen LogP contribution is -2.34. The van der Waals surface area contributed by atoms with E-state index < -0.39 is 10.0 Å². The van der Waals surface area contributed by atoms with Gasteiger partial charge in [-0.2, -0.15) is 4.31 Å². The molecular weight excluding hydrogens is 344 g/mol. The third-order valence-electron chi connectivity index (χ3n) is 4.44. The highest BCUT2D eigenvalue weighted by atomic mass is 35.5. The van der Waals surface area contributed by atoms with Gasteiger partial charge >= 0.3 is 0 Å². The lowest BCUT2D eigenvalue weighted by molar-refractivity contribution is 0.470. The first-order chi connectivity index (χ1) is 11.1. The Bertz CT molecular complexity index is 738. The second-order valence-corrected chi connectivity index (χ2v) is 8.14. The summed E-state index contributed by atoms with van der Waals surface area (Å²) in [7, 11) is -3.28. The number of halogens is 1. The summed E-state index contributed by atoms with van der Waals surface area (Å²) in [5.41, 5.74) is 8.35. The molecule has 0 saturated carbocycles. The fourth-order valence-corrected chi connectivity index (χ4v) is 4.63. The van der Waals surface area contributed by atoms with Crippen LogP contribution in [0.3, 0.4) is 0 Å². The quantitative estimate of drug-likeness (QED) is 0.883. The van der Waals surface area contributed by atoms with Crippen LogP contribution in [0.1, 0.15) is 17.0 Å². The molecule has 2 aromatic rings. The SMILES string of the molecule is Cl.N[C@@H]1CN(S(=O)(=O)CCc2ccccc2)C[C@H]1c1ccccc1. The van der Waals surface area contributed by atoms with Crippen molar-refractivity contribution < 1.29 is 8.42 Å². The minimum atomic E-state index is -3.28. The number of hydrogen-bond acceptors (Lipinski definition) is 3. The van der Waals surface area contributed by atoms with Crippen LogP contribution in [0.2, 0.25) is 0 Å². The van der Waals surface area contributed by atoms with Crippen LogP contribution in [0, 0.1) is 0 Å². The van der Waals surface area contributed by atoms with Crippen LogP contribution in [-0.4, -0.2) is 37.6 Å². The molecule has 0 unspecified atom stereocenters. The Kier molecular flexibility index (Phi) is 6.40. The van der Waals surface area contributed by atoms with Crippen LogP contribution in [0.25, 0.3) is 0 Å². The third-order valence-corrected chi connectivity index (χ3v) is 6.25. The zero-order valence-electron chi connectivity index (χ0n) is 13.4. The molecule has 0 bridgehead atoms. The number of sulfonamides is 1. The zero-order valence-corrected chi connectivity index (χ0v) is 15.0. The van der Waals surface area contributed by atoms with Gasteiger partial charge < -0.3 is 5.73 Å². The van der Waals surface area contributed by atoms with E-state index in [0.717, 1.165) is 11.1 Å². The van der Waals surface area contributed by atoms with E-state index in [4.69, 9.17) is 5.73 Å². The van der Waals surface area contributed by atoms with Crippen LogP contribution in [0.15, 0.2) is 60.7 Å². The largest absolute Gasteiger partial charge is 0.326 e. The van der Waals surface area contributed by atoms with E-state index in [0.29, 0.717) is 19.5 Å². The van der Waals surface area contributed by atoms with Crippen LogP contribution >= 0.6 is 12.4 Å². The van der Waals surface area contributed by atoms with Crippen LogP contribution in [0.4, 0.5) is 0 Å². The topological polar surface area (TPSA) is 63.4 Å². The Morgan fingerprint density at radius 1 is 0.958 bits per heavy atom. The van der Waals surface area contributed by atoms with E-state index >= 15 is 0 Å². The molecule has 1 heterocycles. The van der Waals surface area contributed by atoms with Crippen molar-refractivity contribution in [1.82, 2.24) is 4.31 Å². The minimum Gasteiger partial charge on any atom is -0.326 e. The molecule has 0 amide bonds. The standard InChI is InChI=1S/C18H22N2O2S.ClH/c19-18-14-20(13-17(18)16-9-5-2-6-10-16)23(21,22)12-11-15-7-3-1-4-8-15;/h1-10,17-18H,11-14,19H2;1H/t17-,18+;/m0./s1. The predicted octanol–water partition coefficient (Wildman–Crippen LogP) is 2.41. The van der Waals surface area contributed by atoms with E-state index in [2.05, 4.69) is 0 Å². The molecule has 2 N–H and O–H groups in total. The summed E-state index contributed by atoms with van der Waals surface area (Å²) in [6, 6.07) is 19.5. The van der Waals surface area contributed by atoms with Crippen molar-refractivity contribution in [2.45, 2.75) is 18.4 Å². The normalized spacial score (nSPS) is 21.4. The predicted molar refractivity (Wildman–Crippen MR) is 99.9 cm³/mol. The fraction of sp³-hybridized carbons (Fsp3) is 0.333. The highest BCUT2D eigenvalue weighted by molar-refractivity contribution is 7.89. The average molecular weight is 367 g/mol. The van der Waals surface area contributed by atoms with Gasteiger partial charge in [0.25, 0.3) is 0 Å². The van der Waals surface area contributed by atoms with Crippen molar-refractivity contribution in [1.29, 1.82) is 0 Å². The van der Waals surface area contributed by atoms with Gasteiger partial charge in [0.2, 0.25) is 10.0 Å². The molecule has 2 aromatic carbocycles. The van der Waals surface area contributed by atoms with Crippen molar-refractivity contribution in [3.63, 3.8) is 0 Å². The Balaban J connectivity index is 0.00000208. The monoisotopic (exact) mass is 366 g/mol. The molecule has 1 aliphatic rings. The Labute approximate surface area is 150 Å².